The van der Waals surface area contributed by atoms with E-state index >= 15 is 0 Å². The summed E-state index contributed by atoms with van der Waals surface area (Å²) in [5.41, 5.74) is 4.90. The Balaban J connectivity index is 2.48. The Morgan fingerprint density at radius 2 is 2.12 bits per heavy atom. The average molecular weight is 226 g/mol. The summed E-state index contributed by atoms with van der Waals surface area (Å²) in [6, 6.07) is -1.75. The number of nitrogens with zero attached hydrogens (tertiary/aromatic N) is 2. The van der Waals surface area contributed by atoms with Gasteiger partial charge in [-0.1, -0.05) is 0 Å². The largest absolute Gasteiger partial charge is 0.352 e. The van der Waals surface area contributed by atoms with Crippen LogP contribution < -0.4 is 16.4 Å². The van der Waals surface area contributed by atoms with Crippen molar-refractivity contribution in [2.45, 2.75) is 25.9 Å². The van der Waals surface area contributed by atoms with Gasteiger partial charge in [-0.2, -0.15) is 5.10 Å². The van der Waals surface area contributed by atoms with Crippen molar-refractivity contribution in [3.8, 4) is 0 Å². The van der Waals surface area contributed by atoms with Gasteiger partial charge in [-0.3, -0.25) is 9.89 Å². The van der Waals surface area contributed by atoms with Crippen LogP contribution >= 0.6 is 0 Å². The van der Waals surface area contributed by atoms with Crippen LogP contribution in [-0.2, 0) is 4.79 Å². The highest BCUT2D eigenvalue weighted by Crippen LogP contribution is 2.03. The molecule has 3 amide bonds. The first-order valence-corrected chi connectivity index (χ1v) is 4.72. The molecule has 88 valence electrons. The van der Waals surface area contributed by atoms with Gasteiger partial charge in [-0.15, -0.1) is 0 Å². The molecule has 2 atom stereocenters. The highest BCUT2D eigenvalue weighted by Gasteiger charge is 2.17. The lowest BCUT2D eigenvalue weighted by Crippen LogP contribution is -2.47. The molecule has 1 rings (SSSR count). The molecule has 0 fully saturated rings. The Kier molecular flexibility index (Phi) is 3.81. The van der Waals surface area contributed by atoms with E-state index in [2.05, 4.69) is 25.8 Å². The molecule has 2 unspecified atom stereocenters. The quantitative estimate of drug-likeness (QED) is 0.527. The normalized spacial score (nSPS) is 13.9. The predicted molar refractivity (Wildman–Crippen MR) is 55.1 cm³/mol. The Hall–Kier alpha value is -2.12. The number of primary amides is 1. The molecule has 1 aromatic heterocycles. The third-order valence-corrected chi connectivity index (χ3v) is 1.95. The molecule has 5 N–H and O–H groups in total. The van der Waals surface area contributed by atoms with Gasteiger partial charge in [-0.25, -0.2) is 9.78 Å². The zero-order valence-corrected chi connectivity index (χ0v) is 9.02. The van der Waals surface area contributed by atoms with Crippen molar-refractivity contribution in [2.75, 3.05) is 0 Å². The zero-order valence-electron chi connectivity index (χ0n) is 9.02. The van der Waals surface area contributed by atoms with E-state index in [1.54, 1.807) is 6.92 Å². The minimum Gasteiger partial charge on any atom is -0.352 e. The van der Waals surface area contributed by atoms with Gasteiger partial charge in [0.15, 0.2) is 0 Å². The number of amides is 3. The van der Waals surface area contributed by atoms with Crippen molar-refractivity contribution < 1.29 is 9.59 Å². The Bertz CT molecular complexity index is 363. The van der Waals surface area contributed by atoms with Crippen LogP contribution in [-0.4, -0.2) is 33.2 Å². The standard InChI is InChI=1S/C8H14N6O2/c1-4(6-10-3-11-14-6)12-7(15)5(2)13-8(9)16/h3-5H,1-2H3,(H,12,15)(H3,9,13,16)(H,10,11,14). The monoisotopic (exact) mass is 226 g/mol. The zero-order chi connectivity index (χ0) is 12.1. The fourth-order valence-electron chi connectivity index (χ4n) is 1.11. The number of nitrogens with two attached hydrogens (primary N) is 1. The van der Waals surface area contributed by atoms with E-state index in [1.807, 2.05) is 0 Å². The molecule has 0 spiro atoms. The van der Waals surface area contributed by atoms with Crippen LogP contribution in [0.1, 0.15) is 25.7 Å². The van der Waals surface area contributed by atoms with Crippen molar-refractivity contribution in [1.29, 1.82) is 0 Å². The van der Waals surface area contributed by atoms with E-state index in [9.17, 15) is 9.59 Å². The first kappa shape index (κ1) is 12.0. The van der Waals surface area contributed by atoms with E-state index in [0.29, 0.717) is 5.82 Å². The summed E-state index contributed by atoms with van der Waals surface area (Å²) in [6.07, 6.45) is 1.35. The molecule has 0 saturated carbocycles. The highest BCUT2D eigenvalue weighted by atomic mass is 16.2. The molecule has 0 aliphatic carbocycles. The number of carbonyl (C=O) groups excluding carboxylic acids is 2. The van der Waals surface area contributed by atoms with Gasteiger partial charge >= 0.3 is 6.03 Å². The summed E-state index contributed by atoms with van der Waals surface area (Å²) in [7, 11) is 0. The van der Waals surface area contributed by atoms with E-state index in [1.165, 1.54) is 13.3 Å². The van der Waals surface area contributed by atoms with E-state index in [-0.39, 0.29) is 11.9 Å². The maximum absolute atomic E-state index is 11.5. The summed E-state index contributed by atoms with van der Waals surface area (Å²) in [6.45, 7) is 3.28. The average Bonchev–Trinajstić information content (AvgIpc) is 2.68. The minimum atomic E-state index is -0.741. The lowest BCUT2D eigenvalue weighted by atomic mass is 10.2. The number of hydrogen-bond acceptors (Lipinski definition) is 4. The molecule has 8 nitrogen and oxygen atoms in total. The molecule has 0 aliphatic rings. The molecule has 0 saturated heterocycles. The molecule has 8 heteroatoms. The van der Waals surface area contributed by atoms with Crippen LogP contribution in [0.3, 0.4) is 0 Å². The summed E-state index contributed by atoms with van der Waals surface area (Å²) in [5, 5.41) is 11.2. The Labute approximate surface area is 92.0 Å². The van der Waals surface area contributed by atoms with Gasteiger partial charge in [0, 0.05) is 0 Å². The van der Waals surface area contributed by atoms with Crippen molar-refractivity contribution in [2.24, 2.45) is 5.73 Å². The van der Waals surface area contributed by atoms with E-state index < -0.39 is 12.1 Å². The van der Waals surface area contributed by atoms with Crippen LogP contribution in [0.4, 0.5) is 4.79 Å². The molecule has 0 radical (unpaired) electrons. The molecular weight excluding hydrogens is 212 g/mol. The lowest BCUT2D eigenvalue weighted by molar-refractivity contribution is -0.123. The summed E-state index contributed by atoms with van der Waals surface area (Å²) < 4.78 is 0. The number of carbonyl (C=O) groups is 2. The van der Waals surface area contributed by atoms with Crippen LogP contribution in [0.2, 0.25) is 0 Å². The molecule has 0 bridgehead atoms. The topological polar surface area (TPSA) is 126 Å². The molecule has 0 aliphatic heterocycles. The fourth-order valence-corrected chi connectivity index (χ4v) is 1.11. The second-order valence-electron chi connectivity index (χ2n) is 3.33. The van der Waals surface area contributed by atoms with Crippen LogP contribution in [0.15, 0.2) is 6.33 Å². The maximum atomic E-state index is 11.5. The van der Waals surface area contributed by atoms with Gasteiger partial charge in [0.25, 0.3) is 0 Å². The number of aromatic amines is 1. The lowest BCUT2D eigenvalue weighted by Gasteiger charge is -2.15. The van der Waals surface area contributed by atoms with E-state index in [4.69, 9.17) is 5.73 Å². The smallest absolute Gasteiger partial charge is 0.312 e. The summed E-state index contributed by atoms with van der Waals surface area (Å²) >= 11 is 0. The van der Waals surface area contributed by atoms with Crippen LogP contribution in [0.5, 0.6) is 0 Å². The van der Waals surface area contributed by atoms with Gasteiger partial charge in [-0.05, 0) is 13.8 Å². The molecule has 1 aromatic rings. The Morgan fingerprint density at radius 1 is 1.44 bits per heavy atom. The van der Waals surface area contributed by atoms with Gasteiger partial charge in [0.1, 0.15) is 18.2 Å². The SMILES string of the molecule is CC(NC(N)=O)C(=O)NC(C)c1ncn[nH]1. The number of hydrogen-bond donors (Lipinski definition) is 4. The van der Waals surface area contributed by atoms with Gasteiger partial charge in [0.05, 0.1) is 6.04 Å². The third kappa shape index (κ3) is 3.23. The number of urea groups is 1. The minimum absolute atomic E-state index is 0.313. The van der Waals surface area contributed by atoms with Crippen molar-refractivity contribution in [3.63, 3.8) is 0 Å². The second kappa shape index (κ2) is 5.10. The molecule has 0 aromatic carbocycles. The van der Waals surface area contributed by atoms with Crippen LogP contribution in [0, 0.1) is 0 Å². The molecule has 1 heterocycles. The van der Waals surface area contributed by atoms with Gasteiger partial charge in [0.2, 0.25) is 5.91 Å². The van der Waals surface area contributed by atoms with Crippen LogP contribution in [0.25, 0.3) is 0 Å². The summed E-state index contributed by atoms with van der Waals surface area (Å²) in [5.74, 6) is 0.197. The maximum Gasteiger partial charge on any atom is 0.312 e. The van der Waals surface area contributed by atoms with Gasteiger partial charge < -0.3 is 16.4 Å². The first-order chi connectivity index (χ1) is 7.50. The van der Waals surface area contributed by atoms with Crippen molar-refractivity contribution >= 4 is 11.9 Å². The number of H-pyrrole nitrogens is 1. The fraction of sp³-hybridized carbons (Fsp3) is 0.500. The first-order valence-electron chi connectivity index (χ1n) is 4.72. The third-order valence-electron chi connectivity index (χ3n) is 1.95. The van der Waals surface area contributed by atoms with Crippen molar-refractivity contribution in [3.05, 3.63) is 12.2 Å². The number of nitrogens with one attached hydrogen (secondary N) is 3. The highest BCUT2D eigenvalue weighted by molar-refractivity contribution is 5.86. The predicted octanol–water partition coefficient (Wildman–Crippen LogP) is -0.961. The van der Waals surface area contributed by atoms with Crippen molar-refractivity contribution in [1.82, 2.24) is 25.8 Å². The summed E-state index contributed by atoms with van der Waals surface area (Å²) in [4.78, 5) is 26.0. The second-order valence-corrected chi connectivity index (χ2v) is 3.33. The molecule has 16 heavy (non-hydrogen) atoms. The van der Waals surface area contributed by atoms with E-state index in [0.717, 1.165) is 0 Å². The Morgan fingerprint density at radius 3 is 2.62 bits per heavy atom. The number of aromatic nitrogens is 3. The number of rotatable bonds is 4. The molecular formula is C8H14N6O2.